The zero-order chi connectivity index (χ0) is 14.4. The second-order valence-electron chi connectivity index (χ2n) is 5.32. The van der Waals surface area contributed by atoms with Gasteiger partial charge in [-0.1, -0.05) is 40.2 Å². The van der Waals surface area contributed by atoms with Crippen molar-refractivity contribution in [1.29, 1.82) is 0 Å². The third-order valence-electron chi connectivity index (χ3n) is 3.91. The van der Waals surface area contributed by atoms with Crippen LogP contribution in [0, 0.1) is 5.82 Å². The van der Waals surface area contributed by atoms with Crippen molar-refractivity contribution in [2.45, 2.75) is 24.2 Å². The molecule has 0 amide bonds. The molecule has 5 heteroatoms. The molecule has 106 valence electrons. The lowest BCUT2D eigenvalue weighted by Gasteiger charge is -2.10. The molecule has 1 aliphatic carbocycles. The normalized spacial score (nSPS) is 14.8. The molecule has 4 rings (SSSR count). The lowest BCUT2D eigenvalue weighted by molar-refractivity contribution is 0.640. The Labute approximate surface area is 129 Å². The monoisotopic (exact) mass is 345 g/mol. The van der Waals surface area contributed by atoms with Crippen LogP contribution in [-0.4, -0.2) is 14.8 Å². The molecule has 21 heavy (non-hydrogen) atoms. The zero-order valence-electron chi connectivity index (χ0n) is 11.3. The maximum absolute atomic E-state index is 14.0. The molecule has 1 saturated carbocycles. The average molecular weight is 346 g/mol. The van der Waals surface area contributed by atoms with Gasteiger partial charge in [0.05, 0.1) is 5.33 Å². The van der Waals surface area contributed by atoms with Gasteiger partial charge >= 0.3 is 0 Å². The van der Waals surface area contributed by atoms with E-state index in [-0.39, 0.29) is 5.82 Å². The summed E-state index contributed by atoms with van der Waals surface area (Å²) < 4.78 is 16.2. The Morgan fingerprint density at radius 2 is 1.86 bits per heavy atom. The fraction of sp³-hybridized carbons (Fsp3) is 0.250. The third-order valence-corrected chi connectivity index (χ3v) is 4.41. The van der Waals surface area contributed by atoms with E-state index in [4.69, 9.17) is 0 Å². The minimum Gasteiger partial charge on any atom is -0.307 e. The Bertz CT molecular complexity index is 824. The second-order valence-corrected chi connectivity index (χ2v) is 5.88. The minimum atomic E-state index is -0.201. The van der Waals surface area contributed by atoms with Crippen molar-refractivity contribution in [3.05, 3.63) is 48.0 Å². The van der Waals surface area contributed by atoms with Crippen molar-refractivity contribution in [2.75, 3.05) is 0 Å². The molecule has 0 bridgehead atoms. The first-order chi connectivity index (χ1) is 10.3. The largest absolute Gasteiger partial charge is 0.307 e. The lowest BCUT2D eigenvalue weighted by Crippen LogP contribution is -2.02. The number of rotatable bonds is 3. The highest BCUT2D eigenvalue weighted by Gasteiger charge is 2.30. The van der Waals surface area contributed by atoms with Crippen molar-refractivity contribution >= 4 is 26.7 Å². The number of alkyl halides is 1. The van der Waals surface area contributed by atoms with E-state index in [2.05, 4.69) is 30.7 Å². The van der Waals surface area contributed by atoms with E-state index in [1.165, 1.54) is 6.07 Å². The second kappa shape index (κ2) is 4.91. The molecule has 3 nitrogen and oxygen atoms in total. The van der Waals surface area contributed by atoms with E-state index in [1.807, 2.05) is 18.2 Å². The average Bonchev–Trinajstić information content (AvgIpc) is 3.27. The molecule has 1 aromatic heterocycles. The first-order valence-electron chi connectivity index (χ1n) is 6.97. The molecule has 0 N–H and O–H groups in total. The molecule has 1 heterocycles. The fourth-order valence-corrected chi connectivity index (χ4v) is 3.15. The predicted molar refractivity (Wildman–Crippen MR) is 83.8 cm³/mol. The molecule has 2 aromatic carbocycles. The van der Waals surface area contributed by atoms with E-state index in [0.29, 0.717) is 16.8 Å². The van der Waals surface area contributed by atoms with Crippen LogP contribution < -0.4 is 0 Å². The summed E-state index contributed by atoms with van der Waals surface area (Å²) in [7, 11) is 0. The summed E-state index contributed by atoms with van der Waals surface area (Å²) in [5.74, 6) is 1.57. The number of hydrogen-bond acceptors (Lipinski definition) is 2. The molecule has 0 atom stereocenters. The van der Waals surface area contributed by atoms with Crippen molar-refractivity contribution < 1.29 is 4.39 Å². The van der Waals surface area contributed by atoms with Crippen LogP contribution in [0.4, 0.5) is 4.39 Å². The highest BCUT2D eigenvalue weighted by atomic mass is 79.9. The van der Waals surface area contributed by atoms with Crippen LogP contribution in [0.25, 0.3) is 22.2 Å². The fourth-order valence-electron chi connectivity index (χ4n) is 2.77. The van der Waals surface area contributed by atoms with E-state index in [0.717, 1.165) is 35.4 Å². The summed E-state index contributed by atoms with van der Waals surface area (Å²) in [5.41, 5.74) is 0.943. The highest BCUT2D eigenvalue weighted by molar-refractivity contribution is 9.08. The SMILES string of the molecule is Fc1ccc(-c2nnc(CBr)n2C2CC2)c2ccccc12. The van der Waals surface area contributed by atoms with Gasteiger partial charge in [0, 0.05) is 17.0 Å². The Hall–Kier alpha value is -1.75. The molecular formula is C16H13BrFN3. The summed E-state index contributed by atoms with van der Waals surface area (Å²) in [6, 6.07) is 11.3. The third kappa shape index (κ3) is 2.07. The summed E-state index contributed by atoms with van der Waals surface area (Å²) in [4.78, 5) is 0. The maximum atomic E-state index is 14.0. The van der Waals surface area contributed by atoms with Gasteiger partial charge < -0.3 is 4.57 Å². The number of fused-ring (bicyclic) bond motifs is 1. The van der Waals surface area contributed by atoms with Gasteiger partial charge in [0.15, 0.2) is 5.82 Å². The molecule has 0 saturated heterocycles. The standard InChI is InChI=1S/C16H13BrFN3/c17-9-15-19-20-16(21(15)10-5-6-10)13-7-8-14(18)12-4-2-1-3-11(12)13/h1-4,7-8,10H,5-6,9H2. The van der Waals surface area contributed by atoms with Gasteiger partial charge in [0.1, 0.15) is 11.6 Å². The maximum Gasteiger partial charge on any atom is 0.164 e. The van der Waals surface area contributed by atoms with Gasteiger partial charge in [-0.3, -0.25) is 0 Å². The first-order valence-corrected chi connectivity index (χ1v) is 8.09. The lowest BCUT2D eigenvalue weighted by atomic mass is 10.0. The van der Waals surface area contributed by atoms with Gasteiger partial charge in [-0.2, -0.15) is 0 Å². The molecule has 0 radical (unpaired) electrons. The molecular weight excluding hydrogens is 333 g/mol. The number of hydrogen-bond donors (Lipinski definition) is 0. The Balaban J connectivity index is 1.99. The Morgan fingerprint density at radius 3 is 2.57 bits per heavy atom. The van der Waals surface area contributed by atoms with Crippen molar-refractivity contribution in [2.24, 2.45) is 0 Å². The van der Waals surface area contributed by atoms with E-state index < -0.39 is 0 Å². The van der Waals surface area contributed by atoms with Crippen molar-refractivity contribution in [3.8, 4) is 11.4 Å². The zero-order valence-corrected chi connectivity index (χ0v) is 12.8. The van der Waals surface area contributed by atoms with Crippen LogP contribution in [0.15, 0.2) is 36.4 Å². The quantitative estimate of drug-likeness (QED) is 0.655. The molecule has 1 aliphatic rings. The van der Waals surface area contributed by atoms with Crippen LogP contribution in [-0.2, 0) is 5.33 Å². The number of halogens is 2. The highest BCUT2D eigenvalue weighted by Crippen LogP contribution is 2.40. The summed E-state index contributed by atoms with van der Waals surface area (Å²) in [5, 5.41) is 10.8. The topological polar surface area (TPSA) is 30.7 Å². The molecule has 3 aromatic rings. The molecule has 0 unspecified atom stereocenters. The van der Waals surface area contributed by atoms with Crippen LogP contribution in [0.1, 0.15) is 24.7 Å². The summed E-state index contributed by atoms with van der Waals surface area (Å²) in [6.07, 6.45) is 2.31. The van der Waals surface area contributed by atoms with Crippen LogP contribution >= 0.6 is 15.9 Å². The van der Waals surface area contributed by atoms with Gasteiger partial charge in [0.25, 0.3) is 0 Å². The van der Waals surface area contributed by atoms with Crippen molar-refractivity contribution in [3.63, 3.8) is 0 Å². The summed E-state index contributed by atoms with van der Waals surface area (Å²) >= 11 is 3.47. The Kier molecular flexibility index (Phi) is 3.03. The van der Waals surface area contributed by atoms with Gasteiger partial charge in [-0.25, -0.2) is 4.39 Å². The van der Waals surface area contributed by atoms with Gasteiger partial charge in [-0.05, 0) is 30.4 Å². The smallest absolute Gasteiger partial charge is 0.164 e. The van der Waals surface area contributed by atoms with Crippen LogP contribution in [0.3, 0.4) is 0 Å². The van der Waals surface area contributed by atoms with E-state index in [1.54, 1.807) is 12.1 Å². The number of aromatic nitrogens is 3. The van der Waals surface area contributed by atoms with E-state index in [9.17, 15) is 4.39 Å². The van der Waals surface area contributed by atoms with Crippen LogP contribution in [0.5, 0.6) is 0 Å². The van der Waals surface area contributed by atoms with Gasteiger partial charge in [0.2, 0.25) is 0 Å². The number of nitrogens with zero attached hydrogens (tertiary/aromatic N) is 3. The first kappa shape index (κ1) is 13.0. The molecule has 0 spiro atoms. The van der Waals surface area contributed by atoms with Crippen molar-refractivity contribution in [1.82, 2.24) is 14.8 Å². The van der Waals surface area contributed by atoms with Crippen LogP contribution in [0.2, 0.25) is 0 Å². The number of benzene rings is 2. The molecule has 1 fully saturated rings. The minimum absolute atomic E-state index is 0.201. The Morgan fingerprint density at radius 1 is 1.10 bits per heavy atom. The summed E-state index contributed by atoms with van der Waals surface area (Å²) in [6.45, 7) is 0. The predicted octanol–water partition coefficient (Wildman–Crippen LogP) is 4.47. The molecule has 0 aliphatic heterocycles. The van der Waals surface area contributed by atoms with Gasteiger partial charge in [-0.15, -0.1) is 10.2 Å². The van der Waals surface area contributed by atoms with E-state index >= 15 is 0 Å².